The van der Waals surface area contributed by atoms with Crippen molar-refractivity contribution in [3.05, 3.63) is 23.9 Å². The molecule has 0 aromatic carbocycles. The number of aromatic nitrogens is 1. The largest absolute Gasteiger partial charge is 0.477 e. The lowest BCUT2D eigenvalue weighted by Crippen LogP contribution is -2.42. The Bertz CT molecular complexity index is 591. The summed E-state index contributed by atoms with van der Waals surface area (Å²) >= 11 is 0. The molecule has 1 heterocycles. The van der Waals surface area contributed by atoms with Crippen LogP contribution in [0.4, 0.5) is 0 Å². The van der Waals surface area contributed by atoms with Crippen molar-refractivity contribution in [3.63, 3.8) is 0 Å². The molecule has 6 heteroatoms. The summed E-state index contributed by atoms with van der Waals surface area (Å²) in [6, 6.07) is 5.57. The van der Waals surface area contributed by atoms with Gasteiger partial charge in [-0.3, -0.25) is 4.79 Å². The number of nitrogens with zero attached hydrogens (tertiary/aromatic N) is 1. The van der Waals surface area contributed by atoms with Gasteiger partial charge in [-0.2, -0.15) is 0 Å². The Labute approximate surface area is 148 Å². The highest BCUT2D eigenvalue weighted by atomic mass is 16.5. The van der Waals surface area contributed by atoms with E-state index in [-0.39, 0.29) is 11.8 Å². The summed E-state index contributed by atoms with van der Waals surface area (Å²) in [7, 11) is 0. The van der Waals surface area contributed by atoms with E-state index in [1.165, 1.54) is 0 Å². The van der Waals surface area contributed by atoms with E-state index in [0.29, 0.717) is 31.9 Å². The number of carbonyl (C=O) groups is 1. The minimum absolute atomic E-state index is 0.0847. The van der Waals surface area contributed by atoms with Crippen LogP contribution in [0.5, 0.6) is 5.88 Å². The normalized spacial score (nSPS) is 29.7. The average molecular weight is 348 g/mol. The summed E-state index contributed by atoms with van der Waals surface area (Å²) in [5.41, 5.74) is 0.394. The van der Waals surface area contributed by atoms with E-state index < -0.39 is 17.6 Å². The molecule has 3 N–H and O–H groups in total. The topological polar surface area (TPSA) is 91.7 Å². The minimum atomic E-state index is -0.780. The Morgan fingerprint density at radius 2 is 1.96 bits per heavy atom. The number of nitrogens with one attached hydrogen (secondary N) is 1. The highest BCUT2D eigenvalue weighted by Gasteiger charge is 2.45. The van der Waals surface area contributed by atoms with Crippen molar-refractivity contribution in [2.75, 3.05) is 13.2 Å². The summed E-state index contributed by atoms with van der Waals surface area (Å²) in [4.78, 5) is 16.7. The number of aliphatic hydroxyl groups excluding tert-OH is 2. The van der Waals surface area contributed by atoms with Gasteiger partial charge in [0.1, 0.15) is 0 Å². The first-order valence-electron chi connectivity index (χ1n) is 9.18. The summed E-state index contributed by atoms with van der Waals surface area (Å²) in [6.07, 6.45) is 3.39. The predicted octanol–water partition coefficient (Wildman–Crippen LogP) is 1.58. The van der Waals surface area contributed by atoms with E-state index in [1.807, 2.05) is 19.1 Å². The summed E-state index contributed by atoms with van der Waals surface area (Å²) in [5.74, 6) is 0.714. The Balaban J connectivity index is 1.62. The van der Waals surface area contributed by atoms with Crippen molar-refractivity contribution < 1.29 is 19.7 Å². The third-order valence-corrected chi connectivity index (χ3v) is 5.48. The number of amides is 1. The van der Waals surface area contributed by atoms with Gasteiger partial charge in [0.25, 0.3) is 0 Å². The molecule has 0 aliphatic heterocycles. The first-order valence-corrected chi connectivity index (χ1v) is 9.18. The molecular weight excluding hydrogens is 320 g/mol. The molecule has 1 amide bonds. The van der Waals surface area contributed by atoms with Gasteiger partial charge in [-0.1, -0.05) is 18.9 Å². The van der Waals surface area contributed by atoms with Crippen molar-refractivity contribution in [2.45, 2.75) is 57.7 Å². The van der Waals surface area contributed by atoms with Gasteiger partial charge in [0.15, 0.2) is 0 Å². The molecule has 0 saturated heterocycles. The van der Waals surface area contributed by atoms with E-state index in [1.54, 1.807) is 6.07 Å². The highest BCUT2D eigenvalue weighted by molar-refractivity contribution is 5.78. The number of rotatable bonds is 6. The van der Waals surface area contributed by atoms with E-state index in [4.69, 9.17) is 4.74 Å². The zero-order chi connectivity index (χ0) is 17.9. The Kier molecular flexibility index (Phi) is 5.59. The summed E-state index contributed by atoms with van der Waals surface area (Å²) in [6.45, 7) is 2.61. The third-order valence-electron chi connectivity index (χ3n) is 5.48. The predicted molar refractivity (Wildman–Crippen MR) is 93.1 cm³/mol. The molecule has 2 unspecified atom stereocenters. The van der Waals surface area contributed by atoms with Crippen molar-refractivity contribution in [1.82, 2.24) is 10.3 Å². The highest BCUT2D eigenvalue weighted by Crippen LogP contribution is 2.39. The van der Waals surface area contributed by atoms with Gasteiger partial charge >= 0.3 is 0 Å². The average Bonchev–Trinajstić information content (AvgIpc) is 3.21. The molecule has 2 saturated carbocycles. The molecule has 6 nitrogen and oxygen atoms in total. The fraction of sp³-hybridized carbons (Fsp3) is 0.684. The van der Waals surface area contributed by atoms with Crippen molar-refractivity contribution >= 4 is 5.91 Å². The fourth-order valence-electron chi connectivity index (χ4n) is 3.99. The maximum absolute atomic E-state index is 12.3. The van der Waals surface area contributed by atoms with Gasteiger partial charge in [0.05, 0.1) is 18.8 Å². The standard InChI is InChI=1S/C19H28N2O4/c1-13-5-4-8-17(21-13)25-12-19(9-15(22)16(23)10-19)11-20-18(24)14-6-2-3-7-14/h4-5,8,14-16,22-23H,2-3,6-7,9-12H2,1H3,(H,20,24). The SMILES string of the molecule is Cc1cccc(OCC2(CNC(=O)C3CCCC3)CC(O)C(O)C2)n1. The van der Waals surface area contributed by atoms with Crippen molar-refractivity contribution in [2.24, 2.45) is 11.3 Å². The molecule has 3 rings (SSSR count). The number of ether oxygens (including phenoxy) is 1. The molecule has 2 fully saturated rings. The molecule has 1 aromatic heterocycles. The van der Waals surface area contributed by atoms with Crippen LogP contribution in [0.2, 0.25) is 0 Å². The molecule has 2 atom stereocenters. The van der Waals surface area contributed by atoms with Gasteiger partial charge in [-0.15, -0.1) is 0 Å². The zero-order valence-corrected chi connectivity index (χ0v) is 14.8. The number of carbonyl (C=O) groups excluding carboxylic acids is 1. The molecule has 2 aliphatic carbocycles. The van der Waals surface area contributed by atoms with Crippen molar-refractivity contribution in [3.8, 4) is 5.88 Å². The molecular formula is C19H28N2O4. The maximum Gasteiger partial charge on any atom is 0.223 e. The quantitative estimate of drug-likeness (QED) is 0.726. The second-order valence-corrected chi connectivity index (χ2v) is 7.65. The molecule has 138 valence electrons. The molecule has 0 spiro atoms. The van der Waals surface area contributed by atoms with E-state index in [9.17, 15) is 15.0 Å². The molecule has 0 radical (unpaired) electrons. The summed E-state index contributed by atoms with van der Waals surface area (Å²) < 4.78 is 5.84. The third kappa shape index (κ3) is 4.50. The zero-order valence-electron chi connectivity index (χ0n) is 14.8. The molecule has 1 aromatic rings. The van der Waals surface area contributed by atoms with Gasteiger partial charge in [0.2, 0.25) is 11.8 Å². The first-order chi connectivity index (χ1) is 12.0. The first kappa shape index (κ1) is 18.1. The maximum atomic E-state index is 12.3. The van der Waals surface area contributed by atoms with Gasteiger partial charge < -0.3 is 20.3 Å². The Morgan fingerprint density at radius 3 is 2.60 bits per heavy atom. The Morgan fingerprint density at radius 1 is 1.28 bits per heavy atom. The number of aliphatic hydroxyl groups is 2. The number of hydrogen-bond donors (Lipinski definition) is 3. The van der Waals surface area contributed by atoms with E-state index in [0.717, 1.165) is 31.4 Å². The molecule has 2 aliphatic rings. The molecule has 25 heavy (non-hydrogen) atoms. The second-order valence-electron chi connectivity index (χ2n) is 7.65. The monoisotopic (exact) mass is 348 g/mol. The molecule has 0 bridgehead atoms. The van der Waals surface area contributed by atoms with Crippen LogP contribution in [0.3, 0.4) is 0 Å². The van der Waals surface area contributed by atoms with Gasteiger partial charge in [0, 0.05) is 29.6 Å². The lowest BCUT2D eigenvalue weighted by atomic mass is 9.86. The van der Waals surface area contributed by atoms with Crippen LogP contribution in [-0.4, -0.2) is 46.5 Å². The second kappa shape index (κ2) is 7.70. The minimum Gasteiger partial charge on any atom is -0.477 e. The Hall–Kier alpha value is -1.66. The van der Waals surface area contributed by atoms with E-state index >= 15 is 0 Å². The van der Waals surface area contributed by atoms with Crippen LogP contribution >= 0.6 is 0 Å². The van der Waals surface area contributed by atoms with Gasteiger partial charge in [-0.05, 0) is 38.7 Å². The van der Waals surface area contributed by atoms with Crippen LogP contribution in [0.15, 0.2) is 18.2 Å². The van der Waals surface area contributed by atoms with Crippen molar-refractivity contribution in [1.29, 1.82) is 0 Å². The van der Waals surface area contributed by atoms with Crippen LogP contribution < -0.4 is 10.1 Å². The smallest absolute Gasteiger partial charge is 0.223 e. The van der Waals surface area contributed by atoms with Crippen LogP contribution in [0.1, 0.15) is 44.2 Å². The number of pyridine rings is 1. The van der Waals surface area contributed by atoms with Crippen LogP contribution in [0, 0.1) is 18.3 Å². The van der Waals surface area contributed by atoms with E-state index in [2.05, 4.69) is 10.3 Å². The number of hydrogen-bond acceptors (Lipinski definition) is 5. The lowest BCUT2D eigenvalue weighted by molar-refractivity contribution is -0.125. The van der Waals surface area contributed by atoms with Crippen LogP contribution in [-0.2, 0) is 4.79 Å². The lowest BCUT2D eigenvalue weighted by Gasteiger charge is -2.29. The number of aryl methyl sites for hydroxylation is 1. The van der Waals surface area contributed by atoms with Crippen LogP contribution in [0.25, 0.3) is 0 Å². The summed E-state index contributed by atoms with van der Waals surface area (Å²) in [5, 5.41) is 23.1. The fourth-order valence-corrected chi connectivity index (χ4v) is 3.99. The van der Waals surface area contributed by atoms with Gasteiger partial charge in [-0.25, -0.2) is 4.98 Å².